The van der Waals surface area contributed by atoms with Crippen molar-refractivity contribution in [1.29, 1.82) is 0 Å². The van der Waals surface area contributed by atoms with Crippen molar-refractivity contribution in [2.75, 3.05) is 0 Å². The molecule has 0 aromatic heterocycles. The van der Waals surface area contributed by atoms with E-state index in [1.54, 1.807) is 0 Å². The first-order chi connectivity index (χ1) is 7.36. The molecule has 0 heterocycles. The van der Waals surface area contributed by atoms with E-state index in [9.17, 15) is 9.59 Å². The zero-order chi connectivity index (χ0) is 12.7. The number of urea groups is 1. The normalized spacial score (nSPS) is 14.3. The molecule has 0 aromatic rings. The van der Waals surface area contributed by atoms with Gasteiger partial charge in [-0.2, -0.15) is 0 Å². The van der Waals surface area contributed by atoms with Gasteiger partial charge in [-0.3, -0.25) is 0 Å². The number of nitrogens with one attached hydrogen (secondary N) is 2. The highest BCUT2D eigenvalue weighted by atomic mass is 16.4. The van der Waals surface area contributed by atoms with Crippen LogP contribution in [0.15, 0.2) is 0 Å². The Balaban J connectivity index is 4.18. The van der Waals surface area contributed by atoms with Gasteiger partial charge in [-0.05, 0) is 25.7 Å². The van der Waals surface area contributed by atoms with Crippen molar-refractivity contribution in [1.82, 2.24) is 10.6 Å². The molecule has 0 aliphatic heterocycles. The van der Waals surface area contributed by atoms with Crippen LogP contribution in [0.5, 0.6) is 0 Å². The van der Waals surface area contributed by atoms with Gasteiger partial charge in [0.1, 0.15) is 6.04 Å². The summed E-state index contributed by atoms with van der Waals surface area (Å²) in [5.41, 5.74) is 0. The molecule has 0 aromatic carbocycles. The molecule has 0 saturated heterocycles. The Hall–Kier alpha value is -1.26. The Morgan fingerprint density at radius 3 is 2.12 bits per heavy atom. The van der Waals surface area contributed by atoms with Crippen LogP contribution in [0.25, 0.3) is 0 Å². The zero-order valence-corrected chi connectivity index (χ0v) is 10.4. The number of hydrogen-bond donors (Lipinski definition) is 3. The van der Waals surface area contributed by atoms with Gasteiger partial charge in [-0.25, -0.2) is 9.59 Å². The molecule has 0 rings (SSSR count). The first-order valence-corrected chi connectivity index (χ1v) is 5.66. The Labute approximate surface area is 96.6 Å². The maximum absolute atomic E-state index is 11.4. The van der Waals surface area contributed by atoms with Crippen LogP contribution in [0.3, 0.4) is 0 Å². The van der Waals surface area contributed by atoms with Gasteiger partial charge >= 0.3 is 12.0 Å². The summed E-state index contributed by atoms with van der Waals surface area (Å²) in [6.45, 7) is 7.67. The van der Waals surface area contributed by atoms with Gasteiger partial charge in [0.25, 0.3) is 0 Å². The molecule has 0 fully saturated rings. The molecule has 0 spiro atoms. The van der Waals surface area contributed by atoms with E-state index in [2.05, 4.69) is 10.6 Å². The first-order valence-electron chi connectivity index (χ1n) is 5.66. The van der Waals surface area contributed by atoms with E-state index in [-0.39, 0.29) is 12.0 Å². The van der Waals surface area contributed by atoms with Gasteiger partial charge in [0.2, 0.25) is 0 Å². The van der Waals surface area contributed by atoms with Crippen LogP contribution < -0.4 is 10.6 Å². The number of aliphatic carboxylic acids is 1. The fourth-order valence-electron chi connectivity index (χ4n) is 1.22. The second-order valence-electron chi connectivity index (χ2n) is 4.45. The largest absolute Gasteiger partial charge is 0.480 e. The molecule has 5 nitrogen and oxygen atoms in total. The van der Waals surface area contributed by atoms with Crippen LogP contribution >= 0.6 is 0 Å². The van der Waals surface area contributed by atoms with Crippen LogP contribution in [0, 0.1) is 5.92 Å². The summed E-state index contributed by atoms with van der Waals surface area (Å²) in [4.78, 5) is 22.3. The molecule has 0 saturated carbocycles. The SMILES string of the molecule is CCC(C)NC(=O)N[C@@H](CC(C)C)C(=O)O. The molecule has 0 aliphatic carbocycles. The minimum Gasteiger partial charge on any atom is -0.480 e. The molecule has 0 radical (unpaired) electrons. The van der Waals surface area contributed by atoms with Crippen LogP contribution in [0.4, 0.5) is 4.79 Å². The molecule has 1 unspecified atom stereocenters. The van der Waals surface area contributed by atoms with E-state index in [1.807, 2.05) is 27.7 Å². The lowest BCUT2D eigenvalue weighted by Crippen LogP contribution is -2.48. The minimum absolute atomic E-state index is 0.0495. The van der Waals surface area contributed by atoms with Gasteiger partial charge in [-0.15, -0.1) is 0 Å². The lowest BCUT2D eigenvalue weighted by atomic mass is 10.0. The summed E-state index contributed by atoms with van der Waals surface area (Å²) < 4.78 is 0. The topological polar surface area (TPSA) is 78.4 Å². The summed E-state index contributed by atoms with van der Waals surface area (Å²) in [5.74, 6) is -0.766. The molecular weight excluding hydrogens is 208 g/mol. The standard InChI is InChI=1S/C11H22N2O3/c1-5-8(4)12-11(16)13-9(10(14)15)6-7(2)3/h7-9H,5-6H2,1-4H3,(H,14,15)(H2,12,13,16)/t8?,9-/m0/s1. The second kappa shape index (κ2) is 7.09. The van der Waals surface area contributed by atoms with Crippen molar-refractivity contribution in [3.8, 4) is 0 Å². The van der Waals surface area contributed by atoms with E-state index in [0.717, 1.165) is 6.42 Å². The minimum atomic E-state index is -0.993. The van der Waals surface area contributed by atoms with Crippen LogP contribution in [-0.2, 0) is 4.79 Å². The summed E-state index contributed by atoms with van der Waals surface area (Å²) in [6.07, 6.45) is 1.25. The maximum Gasteiger partial charge on any atom is 0.326 e. The number of carboxylic acid groups (broad SMARTS) is 1. The highest BCUT2D eigenvalue weighted by Gasteiger charge is 2.21. The third-order valence-corrected chi connectivity index (χ3v) is 2.30. The number of amides is 2. The predicted octanol–water partition coefficient (Wildman–Crippen LogP) is 1.58. The van der Waals surface area contributed by atoms with E-state index < -0.39 is 18.0 Å². The molecule has 2 atom stereocenters. The van der Waals surface area contributed by atoms with Crippen molar-refractivity contribution >= 4 is 12.0 Å². The van der Waals surface area contributed by atoms with Gasteiger partial charge < -0.3 is 15.7 Å². The molecular formula is C11H22N2O3. The zero-order valence-electron chi connectivity index (χ0n) is 10.4. The number of carboxylic acids is 1. The molecule has 0 aliphatic rings. The maximum atomic E-state index is 11.4. The molecule has 3 N–H and O–H groups in total. The molecule has 94 valence electrons. The quantitative estimate of drug-likeness (QED) is 0.648. The number of rotatable bonds is 6. The lowest BCUT2D eigenvalue weighted by molar-refractivity contribution is -0.139. The Kier molecular flexibility index (Phi) is 6.53. The monoisotopic (exact) mass is 230 g/mol. The summed E-state index contributed by atoms with van der Waals surface area (Å²) in [5, 5.41) is 14.1. The number of hydrogen-bond acceptors (Lipinski definition) is 2. The molecule has 2 amide bonds. The summed E-state index contributed by atoms with van der Waals surface area (Å²) in [7, 11) is 0. The fraction of sp³-hybridized carbons (Fsp3) is 0.818. The van der Waals surface area contributed by atoms with E-state index >= 15 is 0 Å². The lowest BCUT2D eigenvalue weighted by Gasteiger charge is -2.18. The third kappa shape index (κ3) is 6.27. The molecule has 16 heavy (non-hydrogen) atoms. The summed E-state index contributed by atoms with van der Waals surface area (Å²) in [6, 6.07) is -1.18. The van der Waals surface area contributed by atoms with Crippen molar-refractivity contribution in [2.45, 2.75) is 52.6 Å². The van der Waals surface area contributed by atoms with Crippen molar-refractivity contribution in [2.24, 2.45) is 5.92 Å². The van der Waals surface area contributed by atoms with Crippen LogP contribution in [-0.4, -0.2) is 29.2 Å². The van der Waals surface area contributed by atoms with Crippen LogP contribution in [0.2, 0.25) is 0 Å². The summed E-state index contributed by atoms with van der Waals surface area (Å²) >= 11 is 0. The van der Waals surface area contributed by atoms with Gasteiger partial charge in [0, 0.05) is 6.04 Å². The number of carbonyl (C=O) groups is 2. The van der Waals surface area contributed by atoms with Crippen molar-refractivity contribution < 1.29 is 14.7 Å². The van der Waals surface area contributed by atoms with Gasteiger partial charge in [0.15, 0.2) is 0 Å². The molecule has 5 heteroatoms. The highest BCUT2D eigenvalue weighted by molar-refractivity contribution is 5.82. The second-order valence-corrected chi connectivity index (χ2v) is 4.45. The van der Waals surface area contributed by atoms with Gasteiger partial charge in [0.05, 0.1) is 0 Å². The van der Waals surface area contributed by atoms with E-state index in [0.29, 0.717) is 6.42 Å². The Morgan fingerprint density at radius 1 is 1.19 bits per heavy atom. The first kappa shape index (κ1) is 14.7. The van der Waals surface area contributed by atoms with E-state index in [1.165, 1.54) is 0 Å². The van der Waals surface area contributed by atoms with Crippen molar-refractivity contribution in [3.05, 3.63) is 0 Å². The van der Waals surface area contributed by atoms with Crippen molar-refractivity contribution in [3.63, 3.8) is 0 Å². The van der Waals surface area contributed by atoms with Crippen LogP contribution in [0.1, 0.15) is 40.5 Å². The fourth-order valence-corrected chi connectivity index (χ4v) is 1.22. The molecule has 0 bridgehead atoms. The van der Waals surface area contributed by atoms with E-state index in [4.69, 9.17) is 5.11 Å². The van der Waals surface area contributed by atoms with Gasteiger partial charge in [-0.1, -0.05) is 20.8 Å². The third-order valence-electron chi connectivity index (χ3n) is 2.30. The highest BCUT2D eigenvalue weighted by Crippen LogP contribution is 2.04. The number of carbonyl (C=O) groups excluding carboxylic acids is 1. The smallest absolute Gasteiger partial charge is 0.326 e. The Morgan fingerprint density at radius 2 is 1.75 bits per heavy atom. The predicted molar refractivity (Wildman–Crippen MR) is 62.3 cm³/mol. The Bertz CT molecular complexity index is 241. The average molecular weight is 230 g/mol. The average Bonchev–Trinajstić information content (AvgIpc) is 2.15.